The van der Waals surface area contributed by atoms with Gasteiger partial charge >= 0.3 is 0 Å². The zero-order chi connectivity index (χ0) is 12.4. The molecule has 2 heterocycles. The SMILES string of the molecule is Cc1cn(C(C)C2CCCO2)c(NC(C)C)n1. The Labute approximate surface area is 103 Å². The molecule has 1 aliphatic rings. The number of hydrogen-bond acceptors (Lipinski definition) is 3. The highest BCUT2D eigenvalue weighted by Gasteiger charge is 2.25. The quantitative estimate of drug-likeness (QED) is 0.875. The van der Waals surface area contributed by atoms with Gasteiger partial charge in [-0.1, -0.05) is 0 Å². The van der Waals surface area contributed by atoms with E-state index in [0.29, 0.717) is 18.2 Å². The summed E-state index contributed by atoms with van der Waals surface area (Å²) in [5.74, 6) is 0.959. The van der Waals surface area contributed by atoms with E-state index >= 15 is 0 Å². The fraction of sp³-hybridized carbons (Fsp3) is 0.769. The first-order valence-electron chi connectivity index (χ1n) is 6.51. The number of rotatable bonds is 4. The van der Waals surface area contributed by atoms with Gasteiger partial charge in [-0.15, -0.1) is 0 Å². The summed E-state index contributed by atoms with van der Waals surface area (Å²) in [7, 11) is 0. The van der Waals surface area contributed by atoms with Crippen LogP contribution in [0.1, 0.15) is 45.3 Å². The standard InChI is InChI=1S/C13H23N3O/c1-9(2)14-13-15-10(3)8-16(13)11(4)12-6-5-7-17-12/h8-9,11-12H,5-7H2,1-4H3,(H,14,15). The maximum atomic E-state index is 5.76. The van der Waals surface area contributed by atoms with E-state index < -0.39 is 0 Å². The molecule has 1 N–H and O–H groups in total. The first kappa shape index (κ1) is 12.4. The zero-order valence-electron chi connectivity index (χ0n) is 11.2. The average molecular weight is 237 g/mol. The van der Waals surface area contributed by atoms with Crippen LogP contribution in [0.15, 0.2) is 6.20 Å². The van der Waals surface area contributed by atoms with Gasteiger partial charge in [0, 0.05) is 18.8 Å². The number of aryl methyl sites for hydroxylation is 1. The third-order valence-electron chi connectivity index (χ3n) is 3.21. The highest BCUT2D eigenvalue weighted by molar-refractivity contribution is 5.30. The molecular weight excluding hydrogens is 214 g/mol. The molecule has 4 heteroatoms. The molecule has 0 bridgehead atoms. The van der Waals surface area contributed by atoms with Crippen LogP contribution in [0.5, 0.6) is 0 Å². The minimum Gasteiger partial charge on any atom is -0.376 e. The van der Waals surface area contributed by atoms with Crippen LogP contribution in [0, 0.1) is 6.92 Å². The molecular formula is C13H23N3O. The molecule has 1 fully saturated rings. The van der Waals surface area contributed by atoms with Gasteiger partial charge in [0.15, 0.2) is 0 Å². The van der Waals surface area contributed by atoms with Crippen LogP contribution in [0.4, 0.5) is 5.95 Å². The summed E-state index contributed by atoms with van der Waals surface area (Å²) in [6, 6.07) is 0.743. The Hall–Kier alpha value is -1.03. The molecule has 96 valence electrons. The number of nitrogens with zero attached hydrogens (tertiary/aromatic N) is 2. The average Bonchev–Trinajstić information content (AvgIpc) is 2.85. The van der Waals surface area contributed by atoms with E-state index in [1.54, 1.807) is 0 Å². The Morgan fingerprint density at radius 3 is 2.82 bits per heavy atom. The predicted molar refractivity (Wildman–Crippen MR) is 69.4 cm³/mol. The molecule has 0 spiro atoms. The van der Waals surface area contributed by atoms with Crippen LogP contribution in [-0.2, 0) is 4.74 Å². The Morgan fingerprint density at radius 2 is 2.24 bits per heavy atom. The number of imidazole rings is 1. The summed E-state index contributed by atoms with van der Waals surface area (Å²) < 4.78 is 7.98. The Bertz CT molecular complexity index is 367. The van der Waals surface area contributed by atoms with Gasteiger partial charge in [0.2, 0.25) is 5.95 Å². The van der Waals surface area contributed by atoms with Crippen molar-refractivity contribution in [3.05, 3.63) is 11.9 Å². The van der Waals surface area contributed by atoms with Crippen molar-refractivity contribution in [2.75, 3.05) is 11.9 Å². The highest BCUT2D eigenvalue weighted by Crippen LogP contribution is 2.27. The second-order valence-electron chi connectivity index (χ2n) is 5.20. The van der Waals surface area contributed by atoms with Crippen molar-refractivity contribution < 1.29 is 4.74 Å². The highest BCUT2D eigenvalue weighted by atomic mass is 16.5. The van der Waals surface area contributed by atoms with Crippen molar-refractivity contribution in [3.8, 4) is 0 Å². The minimum absolute atomic E-state index is 0.330. The van der Waals surface area contributed by atoms with Crippen molar-refractivity contribution in [3.63, 3.8) is 0 Å². The first-order chi connectivity index (χ1) is 8.08. The molecule has 0 aromatic carbocycles. The van der Waals surface area contributed by atoms with Gasteiger partial charge in [0.1, 0.15) is 0 Å². The largest absolute Gasteiger partial charge is 0.376 e. The lowest BCUT2D eigenvalue weighted by Crippen LogP contribution is -2.23. The molecule has 1 saturated heterocycles. The van der Waals surface area contributed by atoms with Crippen molar-refractivity contribution in [2.24, 2.45) is 0 Å². The fourth-order valence-corrected chi connectivity index (χ4v) is 2.35. The smallest absolute Gasteiger partial charge is 0.203 e. The Morgan fingerprint density at radius 1 is 1.47 bits per heavy atom. The summed E-state index contributed by atoms with van der Waals surface area (Å²) >= 11 is 0. The summed E-state index contributed by atoms with van der Waals surface area (Å²) in [6.45, 7) is 9.40. The van der Waals surface area contributed by atoms with Crippen LogP contribution in [-0.4, -0.2) is 28.3 Å². The minimum atomic E-state index is 0.330. The molecule has 2 rings (SSSR count). The van der Waals surface area contributed by atoms with Gasteiger partial charge in [0.25, 0.3) is 0 Å². The summed E-state index contributed by atoms with van der Waals surface area (Å²) in [5.41, 5.74) is 1.05. The normalized spacial score (nSPS) is 22.1. The van der Waals surface area contributed by atoms with E-state index in [4.69, 9.17) is 4.74 Å². The van der Waals surface area contributed by atoms with E-state index in [1.165, 1.54) is 6.42 Å². The Balaban J connectivity index is 2.17. The van der Waals surface area contributed by atoms with E-state index in [1.807, 2.05) is 6.92 Å². The van der Waals surface area contributed by atoms with Crippen LogP contribution in [0.2, 0.25) is 0 Å². The first-order valence-corrected chi connectivity index (χ1v) is 6.51. The summed E-state index contributed by atoms with van der Waals surface area (Å²) in [5, 5.41) is 3.39. The van der Waals surface area contributed by atoms with Crippen molar-refractivity contribution in [1.29, 1.82) is 0 Å². The number of hydrogen-bond donors (Lipinski definition) is 1. The van der Waals surface area contributed by atoms with Gasteiger partial charge in [0.05, 0.1) is 17.8 Å². The van der Waals surface area contributed by atoms with E-state index in [0.717, 1.165) is 24.7 Å². The molecule has 0 aliphatic carbocycles. The third kappa shape index (κ3) is 2.80. The molecule has 0 radical (unpaired) electrons. The van der Waals surface area contributed by atoms with Crippen LogP contribution < -0.4 is 5.32 Å². The number of aromatic nitrogens is 2. The predicted octanol–water partition coefficient (Wildman–Crippen LogP) is 2.75. The summed E-state index contributed by atoms with van der Waals surface area (Å²) in [4.78, 5) is 4.54. The van der Waals surface area contributed by atoms with Gasteiger partial charge in [-0.05, 0) is 40.5 Å². The van der Waals surface area contributed by atoms with Crippen LogP contribution in [0.3, 0.4) is 0 Å². The molecule has 0 saturated carbocycles. The van der Waals surface area contributed by atoms with Crippen molar-refractivity contribution in [1.82, 2.24) is 9.55 Å². The molecule has 4 nitrogen and oxygen atoms in total. The van der Waals surface area contributed by atoms with Gasteiger partial charge in [-0.25, -0.2) is 4.98 Å². The third-order valence-corrected chi connectivity index (χ3v) is 3.21. The van der Waals surface area contributed by atoms with E-state index in [-0.39, 0.29) is 0 Å². The summed E-state index contributed by atoms with van der Waals surface area (Å²) in [6.07, 6.45) is 4.77. The molecule has 1 aromatic heterocycles. The topological polar surface area (TPSA) is 39.1 Å². The van der Waals surface area contributed by atoms with Gasteiger partial charge < -0.3 is 14.6 Å². The number of nitrogens with one attached hydrogen (secondary N) is 1. The molecule has 1 aromatic rings. The van der Waals surface area contributed by atoms with E-state index in [2.05, 4.69) is 41.8 Å². The van der Waals surface area contributed by atoms with E-state index in [9.17, 15) is 0 Å². The van der Waals surface area contributed by atoms with Gasteiger partial charge in [-0.3, -0.25) is 0 Å². The molecule has 2 unspecified atom stereocenters. The lowest BCUT2D eigenvalue weighted by molar-refractivity contribution is 0.0738. The second-order valence-corrected chi connectivity index (χ2v) is 5.20. The maximum absolute atomic E-state index is 5.76. The number of ether oxygens (including phenoxy) is 1. The van der Waals surface area contributed by atoms with Gasteiger partial charge in [-0.2, -0.15) is 0 Å². The molecule has 2 atom stereocenters. The van der Waals surface area contributed by atoms with Crippen molar-refractivity contribution >= 4 is 5.95 Å². The molecule has 17 heavy (non-hydrogen) atoms. The number of anilines is 1. The lowest BCUT2D eigenvalue weighted by Gasteiger charge is -2.23. The lowest BCUT2D eigenvalue weighted by atomic mass is 10.1. The molecule has 1 aliphatic heterocycles. The Kier molecular flexibility index (Phi) is 3.72. The fourth-order valence-electron chi connectivity index (χ4n) is 2.35. The van der Waals surface area contributed by atoms with Crippen LogP contribution in [0.25, 0.3) is 0 Å². The second kappa shape index (κ2) is 5.08. The van der Waals surface area contributed by atoms with Crippen molar-refractivity contribution in [2.45, 2.75) is 58.7 Å². The maximum Gasteiger partial charge on any atom is 0.203 e. The molecule has 0 amide bonds. The van der Waals surface area contributed by atoms with Crippen LogP contribution >= 0.6 is 0 Å². The zero-order valence-corrected chi connectivity index (χ0v) is 11.2. The monoisotopic (exact) mass is 237 g/mol.